The molecule has 2 aromatic rings. The number of rotatable bonds is 4. The van der Waals surface area contributed by atoms with Gasteiger partial charge in [0.1, 0.15) is 0 Å². The van der Waals surface area contributed by atoms with Gasteiger partial charge in [0.15, 0.2) is 6.61 Å². The van der Waals surface area contributed by atoms with Crippen molar-refractivity contribution in [2.75, 3.05) is 43.4 Å². The number of hydrogen-bond acceptors (Lipinski definition) is 5. The molecule has 1 aliphatic heterocycles. The maximum absolute atomic E-state index is 12.9. The fourth-order valence-electron chi connectivity index (χ4n) is 3.25. The van der Waals surface area contributed by atoms with Gasteiger partial charge in [-0.2, -0.15) is 13.2 Å². The second-order valence-electron chi connectivity index (χ2n) is 7.03. The Bertz CT molecular complexity index is 939. The molecule has 0 atom stereocenters. The van der Waals surface area contributed by atoms with Crippen LogP contribution in [0.3, 0.4) is 0 Å². The van der Waals surface area contributed by atoms with Gasteiger partial charge in [0.25, 0.3) is 5.91 Å². The minimum atomic E-state index is -4.40. The first kappa shape index (κ1) is 21.5. The zero-order valence-corrected chi connectivity index (χ0v) is 16.4. The number of nitrogens with zero attached hydrogens (tertiary/aromatic N) is 2. The summed E-state index contributed by atoms with van der Waals surface area (Å²) in [5.74, 6) is -1.04. The molecule has 0 aromatic heterocycles. The van der Waals surface area contributed by atoms with Crippen molar-refractivity contribution in [3.05, 3.63) is 59.2 Å². The predicted octanol–water partition coefficient (Wildman–Crippen LogP) is 3.10. The monoisotopic (exact) mass is 421 g/mol. The van der Waals surface area contributed by atoms with Crippen molar-refractivity contribution >= 4 is 23.3 Å². The first-order valence-corrected chi connectivity index (χ1v) is 9.39. The third kappa shape index (κ3) is 4.84. The number of benzene rings is 2. The van der Waals surface area contributed by atoms with Crippen molar-refractivity contribution in [3.63, 3.8) is 0 Å². The fourth-order valence-corrected chi connectivity index (χ4v) is 3.25. The van der Waals surface area contributed by atoms with Crippen LogP contribution >= 0.6 is 0 Å². The van der Waals surface area contributed by atoms with Crippen molar-refractivity contribution in [1.82, 2.24) is 4.90 Å². The standard InChI is InChI=1S/C21H22F3N3O3/c1-14-4-2-7-17(19(14)25)20(29)30-13-18(28)27-10-8-26(9-11-27)16-6-3-5-15(12-16)21(22,23)24/h2-7,12H,8-11,13,25H2,1H3. The lowest BCUT2D eigenvalue weighted by molar-refractivity contribution is -0.137. The molecule has 0 aliphatic carbocycles. The van der Waals surface area contributed by atoms with Crippen LogP contribution in [-0.2, 0) is 15.7 Å². The minimum Gasteiger partial charge on any atom is -0.452 e. The van der Waals surface area contributed by atoms with Crippen molar-refractivity contribution in [2.24, 2.45) is 0 Å². The van der Waals surface area contributed by atoms with E-state index in [0.717, 1.165) is 17.7 Å². The number of nitrogens with two attached hydrogens (primary N) is 1. The molecule has 2 aromatic carbocycles. The number of anilines is 2. The highest BCUT2D eigenvalue weighted by molar-refractivity contribution is 5.96. The van der Waals surface area contributed by atoms with E-state index < -0.39 is 24.3 Å². The van der Waals surface area contributed by atoms with E-state index in [9.17, 15) is 22.8 Å². The molecule has 1 saturated heterocycles. The summed E-state index contributed by atoms with van der Waals surface area (Å²) in [7, 11) is 0. The van der Waals surface area contributed by atoms with E-state index in [2.05, 4.69) is 0 Å². The summed E-state index contributed by atoms with van der Waals surface area (Å²) < 4.78 is 43.8. The molecular weight excluding hydrogens is 399 g/mol. The highest BCUT2D eigenvalue weighted by Crippen LogP contribution is 2.31. The molecule has 0 spiro atoms. The molecule has 1 amide bonds. The maximum Gasteiger partial charge on any atom is 0.416 e. The van der Waals surface area contributed by atoms with E-state index in [1.807, 2.05) is 0 Å². The van der Waals surface area contributed by atoms with Crippen LogP contribution in [0.25, 0.3) is 0 Å². The number of ether oxygens (including phenoxy) is 1. The smallest absolute Gasteiger partial charge is 0.416 e. The summed E-state index contributed by atoms with van der Waals surface area (Å²) >= 11 is 0. The number of carbonyl (C=O) groups excluding carboxylic acids is 2. The van der Waals surface area contributed by atoms with E-state index >= 15 is 0 Å². The van der Waals surface area contributed by atoms with E-state index in [1.165, 1.54) is 17.0 Å². The van der Waals surface area contributed by atoms with Gasteiger partial charge in [0.2, 0.25) is 0 Å². The minimum absolute atomic E-state index is 0.206. The number of nitrogen functional groups attached to an aromatic ring is 1. The number of esters is 1. The molecule has 160 valence electrons. The van der Waals surface area contributed by atoms with Crippen LogP contribution < -0.4 is 10.6 Å². The quantitative estimate of drug-likeness (QED) is 0.607. The molecular formula is C21H22F3N3O3. The topological polar surface area (TPSA) is 75.9 Å². The number of aryl methyl sites for hydroxylation is 1. The second kappa shape index (κ2) is 8.64. The SMILES string of the molecule is Cc1cccc(C(=O)OCC(=O)N2CCN(c3cccc(C(F)(F)F)c3)CC2)c1N. The van der Waals surface area contributed by atoms with E-state index in [4.69, 9.17) is 10.5 Å². The van der Waals surface area contributed by atoms with Crippen molar-refractivity contribution in [2.45, 2.75) is 13.1 Å². The van der Waals surface area contributed by atoms with E-state index in [0.29, 0.717) is 37.6 Å². The molecule has 1 aliphatic rings. The molecule has 2 N–H and O–H groups in total. The number of amides is 1. The Balaban J connectivity index is 1.53. The summed E-state index contributed by atoms with van der Waals surface area (Å²) in [4.78, 5) is 27.9. The summed E-state index contributed by atoms with van der Waals surface area (Å²) in [5.41, 5.74) is 6.87. The number of carbonyl (C=O) groups is 2. The van der Waals surface area contributed by atoms with Crippen LogP contribution in [-0.4, -0.2) is 49.6 Å². The summed E-state index contributed by atoms with van der Waals surface area (Å²) in [6.45, 7) is 2.74. The van der Waals surface area contributed by atoms with Gasteiger partial charge in [0, 0.05) is 37.6 Å². The Morgan fingerprint density at radius 3 is 2.40 bits per heavy atom. The number of halogens is 3. The molecule has 0 saturated carbocycles. The molecule has 6 nitrogen and oxygen atoms in total. The fraction of sp³-hybridized carbons (Fsp3) is 0.333. The third-order valence-electron chi connectivity index (χ3n) is 5.04. The normalized spacial score (nSPS) is 14.5. The van der Waals surface area contributed by atoms with Gasteiger partial charge < -0.3 is 20.3 Å². The van der Waals surface area contributed by atoms with Gasteiger partial charge in [-0.1, -0.05) is 18.2 Å². The number of alkyl halides is 3. The van der Waals surface area contributed by atoms with Crippen molar-refractivity contribution in [1.29, 1.82) is 0 Å². The molecule has 3 rings (SSSR count). The van der Waals surface area contributed by atoms with Crippen LogP contribution in [0, 0.1) is 6.92 Å². The highest BCUT2D eigenvalue weighted by Gasteiger charge is 2.31. The number of para-hydroxylation sites is 1. The first-order chi connectivity index (χ1) is 14.2. The van der Waals surface area contributed by atoms with Crippen LogP contribution in [0.15, 0.2) is 42.5 Å². The van der Waals surface area contributed by atoms with Crippen LogP contribution in [0.1, 0.15) is 21.5 Å². The van der Waals surface area contributed by atoms with Gasteiger partial charge in [-0.3, -0.25) is 4.79 Å². The molecule has 0 bridgehead atoms. The summed E-state index contributed by atoms with van der Waals surface area (Å²) in [6, 6.07) is 10.1. The number of piperazine rings is 1. The van der Waals surface area contributed by atoms with Gasteiger partial charge in [-0.05, 0) is 36.8 Å². The Morgan fingerprint density at radius 1 is 1.07 bits per heavy atom. The van der Waals surface area contributed by atoms with Crippen LogP contribution in [0.5, 0.6) is 0 Å². The van der Waals surface area contributed by atoms with Gasteiger partial charge in [0.05, 0.1) is 11.1 Å². The van der Waals surface area contributed by atoms with Gasteiger partial charge in [-0.25, -0.2) is 4.79 Å². The second-order valence-corrected chi connectivity index (χ2v) is 7.03. The van der Waals surface area contributed by atoms with E-state index in [1.54, 1.807) is 30.0 Å². The zero-order valence-electron chi connectivity index (χ0n) is 16.4. The van der Waals surface area contributed by atoms with Gasteiger partial charge in [-0.15, -0.1) is 0 Å². The van der Waals surface area contributed by atoms with Gasteiger partial charge >= 0.3 is 12.1 Å². The summed E-state index contributed by atoms with van der Waals surface area (Å²) in [6.07, 6.45) is -4.40. The van der Waals surface area contributed by atoms with Crippen LogP contribution in [0.2, 0.25) is 0 Å². The lowest BCUT2D eigenvalue weighted by atomic mass is 10.1. The Kier molecular flexibility index (Phi) is 6.19. The molecule has 0 radical (unpaired) electrons. The zero-order chi connectivity index (χ0) is 21.9. The molecule has 9 heteroatoms. The Labute approximate surface area is 172 Å². The average Bonchev–Trinajstić information content (AvgIpc) is 2.73. The molecule has 1 fully saturated rings. The first-order valence-electron chi connectivity index (χ1n) is 9.39. The number of hydrogen-bond donors (Lipinski definition) is 1. The molecule has 1 heterocycles. The lowest BCUT2D eigenvalue weighted by Gasteiger charge is -2.36. The summed E-state index contributed by atoms with van der Waals surface area (Å²) in [5, 5.41) is 0. The molecule has 0 unspecified atom stereocenters. The lowest BCUT2D eigenvalue weighted by Crippen LogP contribution is -2.50. The average molecular weight is 421 g/mol. The van der Waals surface area contributed by atoms with Crippen LogP contribution in [0.4, 0.5) is 24.5 Å². The largest absolute Gasteiger partial charge is 0.452 e. The van der Waals surface area contributed by atoms with E-state index in [-0.39, 0.29) is 11.5 Å². The third-order valence-corrected chi connectivity index (χ3v) is 5.04. The van der Waals surface area contributed by atoms with Crippen molar-refractivity contribution in [3.8, 4) is 0 Å². The predicted molar refractivity (Wildman–Crippen MR) is 106 cm³/mol. The van der Waals surface area contributed by atoms with Crippen molar-refractivity contribution < 1.29 is 27.5 Å². The maximum atomic E-state index is 12.9. The highest BCUT2D eigenvalue weighted by atomic mass is 19.4. The Morgan fingerprint density at radius 2 is 1.73 bits per heavy atom. The Hall–Kier alpha value is -3.23. The molecule has 30 heavy (non-hydrogen) atoms.